The highest BCUT2D eigenvalue weighted by molar-refractivity contribution is 7.84. The van der Waals surface area contributed by atoms with Crippen molar-refractivity contribution >= 4 is 58.1 Å². The molecule has 0 aromatic heterocycles. The second kappa shape index (κ2) is 22.3. The molecule has 2 aliphatic heterocycles. The number of hydrogen-bond acceptors (Lipinski definition) is 11. The zero-order valence-electron chi connectivity index (χ0n) is 34.7. The van der Waals surface area contributed by atoms with E-state index in [0.29, 0.717) is 18.4 Å². The van der Waals surface area contributed by atoms with Gasteiger partial charge in [-0.3, -0.25) is 42.6 Å². The molecule has 19 nitrogen and oxygen atoms in total. The molecule has 10 atom stereocenters. The van der Waals surface area contributed by atoms with Crippen LogP contribution in [0.25, 0.3) is 0 Å². The summed E-state index contributed by atoms with van der Waals surface area (Å²) in [7, 11) is -1.41. The molecule has 0 radical (unpaired) electrons. The molecule has 1 aromatic carbocycles. The first-order chi connectivity index (χ1) is 27.7. The molecular weight excluding hydrogens is 789 g/mol. The summed E-state index contributed by atoms with van der Waals surface area (Å²) in [6.07, 6.45) is 0.723. The monoisotopic (exact) mass is 848 g/mol. The Morgan fingerprint density at radius 1 is 0.763 bits per heavy atom. The van der Waals surface area contributed by atoms with Crippen LogP contribution in [0, 0.1) is 11.8 Å². The number of carbonyl (C=O) groups is 8. The van der Waals surface area contributed by atoms with E-state index in [4.69, 9.17) is 0 Å². The number of rotatable bonds is 9. The predicted molar refractivity (Wildman–Crippen MR) is 216 cm³/mol. The van der Waals surface area contributed by atoms with Crippen molar-refractivity contribution in [1.29, 1.82) is 0 Å². The maximum Gasteiger partial charge on any atom is 0.246 e. The van der Waals surface area contributed by atoms with E-state index in [1.165, 1.54) is 37.1 Å². The molecule has 0 unspecified atom stereocenters. The van der Waals surface area contributed by atoms with Gasteiger partial charge in [-0.1, -0.05) is 46.2 Å². The summed E-state index contributed by atoms with van der Waals surface area (Å²) in [5.41, 5.74) is 0.555. The van der Waals surface area contributed by atoms with Gasteiger partial charge in [0.15, 0.2) is 0 Å². The number of benzene rings is 1. The average molecular weight is 849 g/mol. The molecule has 328 valence electrons. The number of nitrogens with one attached hydrogen (secondary N) is 7. The lowest BCUT2D eigenvalue weighted by atomic mass is 9.96. The number of fused-ring (bicyclic) bond motifs is 1. The molecule has 3 rings (SSSR count). The van der Waals surface area contributed by atoms with Crippen molar-refractivity contribution < 1.29 is 52.8 Å². The Hall–Kier alpha value is -5.11. The van der Waals surface area contributed by atoms with E-state index in [1.807, 2.05) is 0 Å². The summed E-state index contributed by atoms with van der Waals surface area (Å²) in [6.45, 7) is 8.95. The normalized spacial score (nSPS) is 27.7. The topological polar surface area (TPSA) is 282 Å². The number of phenolic OH excluding ortho intramolecular Hbond substituents is 1. The molecule has 0 aliphatic carbocycles. The Labute approximate surface area is 346 Å². The number of aliphatic hydroxyl groups is 1. The van der Waals surface area contributed by atoms with Gasteiger partial charge >= 0.3 is 0 Å². The van der Waals surface area contributed by atoms with Gasteiger partial charge in [0, 0.05) is 35.8 Å². The minimum absolute atomic E-state index is 0.0260. The number of nitrogens with zero attached hydrogens (tertiary/aromatic N) is 1. The molecule has 0 spiro atoms. The lowest BCUT2D eigenvalue weighted by molar-refractivity contribution is -0.142. The fourth-order valence-electron chi connectivity index (χ4n) is 6.70. The molecular formula is C39H60N8O11S. The Kier molecular flexibility index (Phi) is 18.3. The second-order valence-electron chi connectivity index (χ2n) is 15.6. The van der Waals surface area contributed by atoms with Crippen molar-refractivity contribution in [3.63, 3.8) is 0 Å². The van der Waals surface area contributed by atoms with Gasteiger partial charge in [-0.05, 0) is 62.6 Å². The van der Waals surface area contributed by atoms with E-state index in [1.54, 1.807) is 39.8 Å². The van der Waals surface area contributed by atoms with Gasteiger partial charge in [0.05, 0.1) is 12.6 Å². The summed E-state index contributed by atoms with van der Waals surface area (Å²) >= 11 is 0. The van der Waals surface area contributed by atoms with Crippen LogP contribution in [0.2, 0.25) is 0 Å². The van der Waals surface area contributed by atoms with E-state index in [-0.39, 0.29) is 37.3 Å². The fourth-order valence-corrected chi connectivity index (χ4v) is 7.27. The van der Waals surface area contributed by atoms with Crippen molar-refractivity contribution in [2.24, 2.45) is 11.8 Å². The van der Waals surface area contributed by atoms with Crippen LogP contribution in [-0.4, -0.2) is 140 Å². The largest absolute Gasteiger partial charge is 0.508 e. The minimum atomic E-state index is -1.62. The van der Waals surface area contributed by atoms with Crippen molar-refractivity contribution in [3.8, 4) is 5.75 Å². The molecule has 59 heavy (non-hydrogen) atoms. The van der Waals surface area contributed by atoms with Crippen LogP contribution in [-0.2, 0) is 55.6 Å². The quantitative estimate of drug-likeness (QED) is 0.129. The van der Waals surface area contributed by atoms with Crippen molar-refractivity contribution in [3.05, 3.63) is 29.8 Å². The summed E-state index contributed by atoms with van der Waals surface area (Å²) in [5, 5.41) is 38.4. The Morgan fingerprint density at radius 2 is 1.37 bits per heavy atom. The van der Waals surface area contributed by atoms with Crippen LogP contribution in [0.3, 0.4) is 0 Å². The molecule has 2 fully saturated rings. The number of carbonyl (C=O) groups excluding carboxylic acids is 8. The van der Waals surface area contributed by atoms with Gasteiger partial charge in [-0.2, -0.15) is 0 Å². The van der Waals surface area contributed by atoms with Gasteiger partial charge < -0.3 is 52.3 Å². The van der Waals surface area contributed by atoms with E-state index in [0.717, 1.165) is 0 Å². The smallest absolute Gasteiger partial charge is 0.246 e. The van der Waals surface area contributed by atoms with Crippen LogP contribution in [0.15, 0.2) is 24.3 Å². The first kappa shape index (κ1) is 48.3. The van der Waals surface area contributed by atoms with Gasteiger partial charge in [0.2, 0.25) is 47.3 Å². The van der Waals surface area contributed by atoms with Crippen LogP contribution < -0.4 is 37.2 Å². The lowest BCUT2D eigenvalue weighted by Gasteiger charge is -2.31. The first-order valence-corrected chi connectivity index (χ1v) is 21.6. The van der Waals surface area contributed by atoms with Crippen molar-refractivity contribution in [2.45, 2.75) is 122 Å². The van der Waals surface area contributed by atoms with E-state index < -0.39 is 125 Å². The highest BCUT2D eigenvalue weighted by Gasteiger charge is 2.40. The molecule has 2 aliphatic rings. The van der Waals surface area contributed by atoms with Crippen LogP contribution in [0.1, 0.15) is 72.8 Å². The second-order valence-corrected chi connectivity index (χ2v) is 17.1. The summed E-state index contributed by atoms with van der Waals surface area (Å²) < 4.78 is 12.1. The minimum Gasteiger partial charge on any atom is -0.508 e. The van der Waals surface area contributed by atoms with Crippen LogP contribution in [0.4, 0.5) is 0 Å². The van der Waals surface area contributed by atoms with E-state index in [2.05, 4.69) is 37.2 Å². The average Bonchev–Trinajstić information content (AvgIpc) is 3.68. The standard InChI is InChI=1S/C39H60N8O11S/c1-8-21(4)31-37(55)44-30(20(2)3)36(54)40-19-29(50)42-27(18-24-11-13-25(49)14-12-24)39(57)47-16-9-10-28(47)35(53)43-26(15-17-59(7)58)34(52)46-32(23(6)48)38(56)41-22(5)33(51)45-31/h11-14,20-23,26-28,30-32,48-49H,8-10,15-19H2,1-7H3,(H,40,54)(H,41,56)(H,42,50)(H,43,53)(H,44,55)(H,45,51)(H,46,52)/t21-,22-,23-,26+,27+,28+,30-,31+,32+,59+/m0/s1. The van der Waals surface area contributed by atoms with Gasteiger partial charge in [0.25, 0.3) is 0 Å². The fraction of sp³-hybridized carbons (Fsp3) is 0.641. The summed E-state index contributed by atoms with van der Waals surface area (Å²) in [4.78, 5) is 111. The zero-order valence-corrected chi connectivity index (χ0v) is 35.5. The predicted octanol–water partition coefficient (Wildman–Crippen LogP) is -2.16. The van der Waals surface area contributed by atoms with E-state index >= 15 is 0 Å². The first-order valence-electron chi connectivity index (χ1n) is 19.9. The maximum atomic E-state index is 14.2. The number of aliphatic hydroxyl groups excluding tert-OH is 1. The molecule has 20 heteroatoms. The van der Waals surface area contributed by atoms with Crippen LogP contribution >= 0.6 is 0 Å². The van der Waals surface area contributed by atoms with Crippen molar-refractivity contribution in [2.75, 3.05) is 25.1 Å². The van der Waals surface area contributed by atoms with Crippen LogP contribution in [0.5, 0.6) is 5.75 Å². The van der Waals surface area contributed by atoms with Crippen molar-refractivity contribution in [1.82, 2.24) is 42.1 Å². The summed E-state index contributed by atoms with van der Waals surface area (Å²) in [5.74, 6) is -7.15. The molecule has 2 heterocycles. The third-order valence-electron chi connectivity index (χ3n) is 10.5. The SMILES string of the molecule is CC[C@H](C)[C@H]1NC(=O)[C@H](C)NC(=O)[C@@H]([C@H](C)O)NC(=O)[C@@H](CC[S@@](C)=O)NC(=O)[C@H]2CCCN2C(=O)[C@@H](Cc2ccc(O)cc2)NC(=O)CNC(=O)[C@H](C(C)C)NC1=O. The highest BCUT2D eigenvalue weighted by atomic mass is 32.2. The Balaban J connectivity index is 2.06. The Morgan fingerprint density at radius 3 is 1.97 bits per heavy atom. The van der Waals surface area contributed by atoms with Gasteiger partial charge in [-0.25, -0.2) is 0 Å². The van der Waals surface area contributed by atoms with E-state index in [9.17, 15) is 52.8 Å². The lowest BCUT2D eigenvalue weighted by Crippen LogP contribution is -2.62. The number of hydrogen-bond donors (Lipinski definition) is 9. The van der Waals surface area contributed by atoms with Gasteiger partial charge in [0.1, 0.15) is 48.0 Å². The molecule has 1 aromatic rings. The zero-order chi connectivity index (χ0) is 44.1. The third kappa shape index (κ3) is 14.0. The van der Waals surface area contributed by atoms with Gasteiger partial charge in [-0.15, -0.1) is 0 Å². The molecule has 8 amide bonds. The Bertz CT molecular complexity index is 1730. The maximum absolute atomic E-state index is 14.2. The molecule has 2 saturated heterocycles. The molecule has 0 bridgehead atoms. The molecule has 0 saturated carbocycles. The number of aromatic hydroxyl groups is 1. The molecule has 9 N–H and O–H groups in total. The number of amides is 8. The number of phenols is 1. The summed E-state index contributed by atoms with van der Waals surface area (Å²) in [6, 6.07) is -3.01. The third-order valence-corrected chi connectivity index (χ3v) is 11.3. The highest BCUT2D eigenvalue weighted by Crippen LogP contribution is 2.21.